The third-order valence-electron chi connectivity index (χ3n) is 2.96. The van der Waals surface area contributed by atoms with E-state index in [0.29, 0.717) is 6.04 Å². The molecule has 1 heterocycles. The quantitative estimate of drug-likeness (QED) is 0.702. The molecule has 0 aromatic carbocycles. The monoisotopic (exact) mass is 240 g/mol. The number of nitrogens with one attached hydrogen (secondary N) is 1. The standard InChI is InChI=1S/C13H24N2S/c1-4-5-8-14-9-10-15(3)12(2)13-7-6-11-16-13/h6-7,11-12,14H,4-5,8-10H2,1-3H3. The fraction of sp³-hybridized carbons (Fsp3) is 0.692. The zero-order valence-corrected chi connectivity index (χ0v) is 11.5. The number of hydrogen-bond donors (Lipinski definition) is 1. The van der Waals surface area contributed by atoms with Crippen LogP contribution in [-0.4, -0.2) is 31.6 Å². The van der Waals surface area contributed by atoms with Gasteiger partial charge >= 0.3 is 0 Å². The summed E-state index contributed by atoms with van der Waals surface area (Å²) in [7, 11) is 2.20. The molecule has 0 aliphatic carbocycles. The summed E-state index contributed by atoms with van der Waals surface area (Å²) in [5, 5.41) is 5.63. The Hall–Kier alpha value is -0.380. The average molecular weight is 240 g/mol. The first kappa shape index (κ1) is 13.7. The van der Waals surface area contributed by atoms with Crippen LogP contribution in [0.2, 0.25) is 0 Å². The Morgan fingerprint density at radius 3 is 2.88 bits per heavy atom. The first-order valence-corrected chi connectivity index (χ1v) is 7.08. The Morgan fingerprint density at radius 1 is 1.44 bits per heavy atom. The van der Waals surface area contributed by atoms with Gasteiger partial charge in [0.25, 0.3) is 0 Å². The molecule has 2 nitrogen and oxygen atoms in total. The van der Waals surface area contributed by atoms with Crippen molar-refractivity contribution in [2.75, 3.05) is 26.7 Å². The number of unbranched alkanes of at least 4 members (excludes halogenated alkanes) is 1. The minimum atomic E-state index is 0.535. The number of thiophene rings is 1. The summed E-state index contributed by atoms with van der Waals surface area (Å²) < 4.78 is 0. The van der Waals surface area contributed by atoms with Crippen LogP contribution in [0.1, 0.15) is 37.6 Å². The highest BCUT2D eigenvalue weighted by molar-refractivity contribution is 7.10. The Bertz CT molecular complexity index is 259. The molecule has 1 unspecified atom stereocenters. The van der Waals surface area contributed by atoms with Gasteiger partial charge < -0.3 is 5.32 Å². The molecule has 0 amide bonds. The van der Waals surface area contributed by atoms with Crippen LogP contribution in [0.5, 0.6) is 0 Å². The van der Waals surface area contributed by atoms with E-state index in [1.165, 1.54) is 17.7 Å². The average Bonchev–Trinajstić information content (AvgIpc) is 2.81. The van der Waals surface area contributed by atoms with Crippen LogP contribution in [0.15, 0.2) is 17.5 Å². The molecule has 1 aromatic heterocycles. The van der Waals surface area contributed by atoms with E-state index >= 15 is 0 Å². The van der Waals surface area contributed by atoms with Crippen LogP contribution in [0.4, 0.5) is 0 Å². The third kappa shape index (κ3) is 4.64. The fourth-order valence-corrected chi connectivity index (χ4v) is 2.47. The first-order valence-electron chi connectivity index (χ1n) is 6.20. The summed E-state index contributed by atoms with van der Waals surface area (Å²) in [6, 6.07) is 4.88. The Kier molecular flexibility index (Phi) is 6.69. The molecular weight excluding hydrogens is 216 g/mol. The summed E-state index contributed by atoms with van der Waals surface area (Å²) in [4.78, 5) is 3.86. The van der Waals surface area contributed by atoms with Gasteiger partial charge in [-0.15, -0.1) is 11.3 Å². The minimum absolute atomic E-state index is 0.535. The van der Waals surface area contributed by atoms with Gasteiger partial charge in [0, 0.05) is 24.0 Å². The number of hydrogen-bond acceptors (Lipinski definition) is 3. The van der Waals surface area contributed by atoms with Crippen LogP contribution in [-0.2, 0) is 0 Å². The van der Waals surface area contributed by atoms with Crippen molar-refractivity contribution in [1.29, 1.82) is 0 Å². The van der Waals surface area contributed by atoms with E-state index in [1.54, 1.807) is 0 Å². The highest BCUT2D eigenvalue weighted by Crippen LogP contribution is 2.22. The van der Waals surface area contributed by atoms with Gasteiger partial charge in [0.05, 0.1) is 0 Å². The molecule has 1 rings (SSSR count). The van der Waals surface area contributed by atoms with E-state index in [-0.39, 0.29) is 0 Å². The maximum Gasteiger partial charge on any atom is 0.0410 e. The molecule has 0 saturated carbocycles. The van der Waals surface area contributed by atoms with Gasteiger partial charge in [0.15, 0.2) is 0 Å². The van der Waals surface area contributed by atoms with Crippen molar-refractivity contribution in [3.05, 3.63) is 22.4 Å². The number of rotatable bonds is 8. The predicted octanol–water partition coefficient (Wildman–Crippen LogP) is 3.13. The fourth-order valence-electron chi connectivity index (χ4n) is 1.62. The number of nitrogens with zero attached hydrogens (tertiary/aromatic N) is 1. The van der Waals surface area contributed by atoms with Crippen molar-refractivity contribution < 1.29 is 0 Å². The molecule has 16 heavy (non-hydrogen) atoms. The molecule has 0 saturated heterocycles. The zero-order chi connectivity index (χ0) is 11.8. The molecule has 1 aromatic rings. The third-order valence-corrected chi connectivity index (χ3v) is 4.01. The SMILES string of the molecule is CCCCNCCN(C)C(C)c1cccs1. The molecule has 1 N–H and O–H groups in total. The van der Waals surface area contributed by atoms with E-state index in [9.17, 15) is 0 Å². The van der Waals surface area contributed by atoms with Gasteiger partial charge in [-0.2, -0.15) is 0 Å². The van der Waals surface area contributed by atoms with Crippen molar-refractivity contribution in [3.8, 4) is 0 Å². The summed E-state index contributed by atoms with van der Waals surface area (Å²) in [5.74, 6) is 0. The maximum atomic E-state index is 3.48. The first-order chi connectivity index (χ1) is 7.75. The molecule has 0 radical (unpaired) electrons. The maximum absolute atomic E-state index is 3.48. The van der Waals surface area contributed by atoms with Gasteiger partial charge in [0.1, 0.15) is 0 Å². The van der Waals surface area contributed by atoms with Gasteiger partial charge in [-0.1, -0.05) is 19.4 Å². The Morgan fingerprint density at radius 2 is 2.25 bits per heavy atom. The van der Waals surface area contributed by atoms with Gasteiger partial charge in [-0.3, -0.25) is 4.90 Å². The lowest BCUT2D eigenvalue weighted by atomic mass is 10.2. The van der Waals surface area contributed by atoms with E-state index in [2.05, 4.69) is 48.6 Å². The Balaban J connectivity index is 2.17. The zero-order valence-electron chi connectivity index (χ0n) is 10.7. The summed E-state index contributed by atoms with van der Waals surface area (Å²) in [5.41, 5.74) is 0. The van der Waals surface area contributed by atoms with Crippen LogP contribution in [0.3, 0.4) is 0 Å². The van der Waals surface area contributed by atoms with Gasteiger partial charge in [0.2, 0.25) is 0 Å². The second-order valence-corrected chi connectivity index (χ2v) is 5.25. The minimum Gasteiger partial charge on any atom is -0.315 e. The predicted molar refractivity (Wildman–Crippen MR) is 73.1 cm³/mol. The van der Waals surface area contributed by atoms with Crippen LogP contribution >= 0.6 is 11.3 Å². The van der Waals surface area contributed by atoms with Gasteiger partial charge in [-0.05, 0) is 38.4 Å². The Labute approximate surface area is 104 Å². The highest BCUT2D eigenvalue weighted by atomic mass is 32.1. The van der Waals surface area contributed by atoms with Crippen LogP contribution in [0.25, 0.3) is 0 Å². The molecule has 3 heteroatoms. The van der Waals surface area contributed by atoms with Crippen molar-refractivity contribution in [2.24, 2.45) is 0 Å². The van der Waals surface area contributed by atoms with E-state index in [1.807, 2.05) is 11.3 Å². The summed E-state index contributed by atoms with van der Waals surface area (Å²) in [6.45, 7) is 7.86. The van der Waals surface area contributed by atoms with Crippen molar-refractivity contribution in [1.82, 2.24) is 10.2 Å². The molecular formula is C13H24N2S. The molecule has 92 valence electrons. The normalized spacial score (nSPS) is 13.2. The number of likely N-dealkylation sites (N-methyl/N-ethyl adjacent to an activating group) is 1. The smallest absolute Gasteiger partial charge is 0.0410 e. The molecule has 1 atom stereocenters. The lowest BCUT2D eigenvalue weighted by molar-refractivity contribution is 0.264. The second kappa shape index (κ2) is 7.82. The largest absolute Gasteiger partial charge is 0.315 e. The summed E-state index contributed by atoms with van der Waals surface area (Å²) in [6.07, 6.45) is 2.55. The van der Waals surface area contributed by atoms with Crippen molar-refractivity contribution >= 4 is 11.3 Å². The summed E-state index contributed by atoms with van der Waals surface area (Å²) >= 11 is 1.84. The van der Waals surface area contributed by atoms with Crippen molar-refractivity contribution in [2.45, 2.75) is 32.7 Å². The lowest BCUT2D eigenvalue weighted by Crippen LogP contribution is -2.31. The topological polar surface area (TPSA) is 15.3 Å². The van der Waals surface area contributed by atoms with E-state index in [4.69, 9.17) is 0 Å². The molecule has 0 fully saturated rings. The molecule has 0 aliphatic heterocycles. The van der Waals surface area contributed by atoms with Crippen LogP contribution in [0, 0.1) is 0 Å². The van der Waals surface area contributed by atoms with E-state index < -0.39 is 0 Å². The molecule has 0 bridgehead atoms. The van der Waals surface area contributed by atoms with Crippen LogP contribution < -0.4 is 5.32 Å². The molecule has 0 aliphatic rings. The lowest BCUT2D eigenvalue weighted by Gasteiger charge is -2.23. The van der Waals surface area contributed by atoms with Crippen molar-refractivity contribution in [3.63, 3.8) is 0 Å². The van der Waals surface area contributed by atoms with Gasteiger partial charge in [-0.25, -0.2) is 0 Å². The molecule has 0 spiro atoms. The highest BCUT2D eigenvalue weighted by Gasteiger charge is 2.11. The second-order valence-electron chi connectivity index (χ2n) is 4.28. The van der Waals surface area contributed by atoms with E-state index in [0.717, 1.165) is 19.6 Å².